The molecule has 1 saturated heterocycles. The smallest absolute Gasteiger partial charge is 0.406 e. The van der Waals surface area contributed by atoms with Crippen molar-refractivity contribution in [3.63, 3.8) is 0 Å². The molecule has 170 valence electrons. The molecule has 0 bridgehead atoms. The van der Waals surface area contributed by atoms with Crippen LogP contribution in [0.5, 0.6) is 5.75 Å². The van der Waals surface area contributed by atoms with Gasteiger partial charge >= 0.3 is 6.36 Å². The molecule has 2 heterocycles. The number of rotatable bonds is 7. The van der Waals surface area contributed by atoms with E-state index in [4.69, 9.17) is 0 Å². The Hall–Kier alpha value is -2.67. The highest BCUT2D eigenvalue weighted by Crippen LogP contribution is 2.24. The summed E-state index contributed by atoms with van der Waals surface area (Å²) < 4.78 is 68.1. The van der Waals surface area contributed by atoms with Gasteiger partial charge in [-0.1, -0.05) is 5.21 Å². The molecular formula is C18H22F3N5O4S. The maximum atomic E-state index is 12.6. The molecule has 2 aromatic rings. The third-order valence-corrected chi connectivity index (χ3v) is 6.68. The number of benzene rings is 1. The van der Waals surface area contributed by atoms with E-state index in [1.807, 2.05) is 0 Å². The molecule has 1 aromatic carbocycles. The average molecular weight is 461 g/mol. The fraction of sp³-hybridized carbons (Fsp3) is 0.500. The molecular weight excluding hydrogens is 439 g/mol. The monoisotopic (exact) mass is 461 g/mol. The van der Waals surface area contributed by atoms with Crippen LogP contribution >= 0.6 is 0 Å². The van der Waals surface area contributed by atoms with Crippen LogP contribution < -0.4 is 4.74 Å². The van der Waals surface area contributed by atoms with E-state index in [0.29, 0.717) is 13.1 Å². The lowest BCUT2D eigenvalue weighted by Gasteiger charge is -2.25. The van der Waals surface area contributed by atoms with Crippen molar-refractivity contribution in [2.24, 2.45) is 0 Å². The second-order valence-electron chi connectivity index (χ2n) is 7.07. The zero-order valence-electron chi connectivity index (χ0n) is 16.7. The molecule has 0 N–H and O–H groups in total. The van der Waals surface area contributed by atoms with Crippen LogP contribution in [0.25, 0.3) is 0 Å². The van der Waals surface area contributed by atoms with Gasteiger partial charge in [-0.25, -0.2) is 8.42 Å². The molecule has 1 aromatic heterocycles. The zero-order chi connectivity index (χ0) is 22.6. The maximum absolute atomic E-state index is 12.6. The van der Waals surface area contributed by atoms with Crippen LogP contribution in [-0.4, -0.2) is 71.6 Å². The number of halogens is 3. The number of hydrogen-bond acceptors (Lipinski definition) is 6. The van der Waals surface area contributed by atoms with Gasteiger partial charge in [0, 0.05) is 26.7 Å². The van der Waals surface area contributed by atoms with Gasteiger partial charge in [0.25, 0.3) is 5.91 Å². The van der Waals surface area contributed by atoms with Crippen molar-refractivity contribution in [2.75, 3.05) is 26.7 Å². The predicted octanol–water partition coefficient (Wildman–Crippen LogP) is 2.12. The van der Waals surface area contributed by atoms with Gasteiger partial charge in [-0.3, -0.25) is 9.48 Å². The minimum absolute atomic E-state index is 0.0177. The van der Waals surface area contributed by atoms with Crippen molar-refractivity contribution in [1.29, 1.82) is 0 Å². The summed E-state index contributed by atoms with van der Waals surface area (Å²) in [6, 6.07) is 3.95. The third-order valence-electron chi connectivity index (χ3n) is 4.81. The average Bonchev–Trinajstić information content (AvgIpc) is 3.20. The van der Waals surface area contributed by atoms with E-state index in [-0.39, 0.29) is 29.6 Å². The quantitative estimate of drug-likeness (QED) is 0.627. The molecule has 0 spiro atoms. The number of likely N-dealkylation sites (N-methyl/N-ethyl adjacent to an activating group) is 1. The summed E-state index contributed by atoms with van der Waals surface area (Å²) in [7, 11) is -2.60. The number of carbonyl (C=O) groups is 1. The molecule has 0 unspecified atom stereocenters. The summed E-state index contributed by atoms with van der Waals surface area (Å²) in [5.74, 6) is -0.712. The van der Waals surface area contributed by atoms with Gasteiger partial charge in [0.05, 0.1) is 17.6 Å². The highest BCUT2D eigenvalue weighted by atomic mass is 32.2. The second-order valence-corrected chi connectivity index (χ2v) is 9.11. The number of hydrogen-bond donors (Lipinski definition) is 0. The number of ether oxygens (including phenoxy) is 1. The zero-order valence-corrected chi connectivity index (χ0v) is 17.6. The van der Waals surface area contributed by atoms with Gasteiger partial charge in [0.15, 0.2) is 5.69 Å². The molecule has 0 atom stereocenters. The Bertz CT molecular complexity index is 1000. The Morgan fingerprint density at radius 2 is 1.81 bits per heavy atom. The largest absolute Gasteiger partial charge is 0.573 e. The van der Waals surface area contributed by atoms with Crippen LogP contribution in [-0.2, 0) is 16.6 Å². The number of alkyl halides is 3. The molecule has 1 fully saturated rings. The first-order valence-electron chi connectivity index (χ1n) is 9.58. The Balaban J connectivity index is 1.59. The molecule has 1 amide bonds. The Kier molecular flexibility index (Phi) is 6.84. The normalized spacial score (nSPS) is 15.3. The topological polar surface area (TPSA) is 97.6 Å². The van der Waals surface area contributed by atoms with Gasteiger partial charge in [0.2, 0.25) is 10.0 Å². The van der Waals surface area contributed by atoms with Gasteiger partial charge in [-0.15, -0.1) is 18.3 Å². The van der Waals surface area contributed by atoms with Crippen LogP contribution in [0, 0.1) is 0 Å². The number of aromatic nitrogens is 3. The summed E-state index contributed by atoms with van der Waals surface area (Å²) in [5.41, 5.74) is 0.202. The van der Waals surface area contributed by atoms with Gasteiger partial charge in [-0.2, -0.15) is 4.31 Å². The van der Waals surface area contributed by atoms with Crippen molar-refractivity contribution >= 4 is 15.9 Å². The van der Waals surface area contributed by atoms with Gasteiger partial charge < -0.3 is 9.64 Å². The van der Waals surface area contributed by atoms with E-state index in [1.165, 1.54) is 17.9 Å². The Morgan fingerprint density at radius 1 is 1.16 bits per heavy atom. The van der Waals surface area contributed by atoms with E-state index in [2.05, 4.69) is 15.0 Å². The lowest BCUT2D eigenvalue weighted by Crippen LogP contribution is -2.35. The number of piperidine rings is 1. The van der Waals surface area contributed by atoms with Crippen LogP contribution in [0.1, 0.15) is 29.8 Å². The molecule has 13 heteroatoms. The van der Waals surface area contributed by atoms with Crippen molar-refractivity contribution in [2.45, 2.75) is 37.1 Å². The van der Waals surface area contributed by atoms with E-state index in [1.54, 1.807) is 4.90 Å². The Labute approximate surface area is 177 Å². The molecule has 3 rings (SSSR count). The summed E-state index contributed by atoms with van der Waals surface area (Å²) >= 11 is 0. The third kappa shape index (κ3) is 5.94. The minimum atomic E-state index is -4.86. The first-order valence-corrected chi connectivity index (χ1v) is 11.0. The van der Waals surface area contributed by atoms with E-state index in [0.717, 1.165) is 47.8 Å². The van der Waals surface area contributed by atoms with Crippen molar-refractivity contribution in [3.8, 4) is 5.75 Å². The maximum Gasteiger partial charge on any atom is 0.573 e. The molecule has 0 saturated carbocycles. The number of sulfonamides is 1. The lowest BCUT2D eigenvalue weighted by molar-refractivity contribution is -0.274. The second kappa shape index (κ2) is 9.22. The van der Waals surface area contributed by atoms with Crippen molar-refractivity contribution in [1.82, 2.24) is 24.2 Å². The highest BCUT2D eigenvalue weighted by Gasteiger charge is 2.31. The molecule has 0 radical (unpaired) electrons. The molecule has 31 heavy (non-hydrogen) atoms. The molecule has 1 aliphatic rings. The number of likely N-dealkylation sites (tertiary alicyclic amines) is 1. The fourth-order valence-electron chi connectivity index (χ4n) is 3.12. The van der Waals surface area contributed by atoms with Gasteiger partial charge in [0.1, 0.15) is 5.75 Å². The highest BCUT2D eigenvalue weighted by molar-refractivity contribution is 7.89. The van der Waals surface area contributed by atoms with E-state index in [9.17, 15) is 26.4 Å². The number of amides is 1. The first-order chi connectivity index (χ1) is 14.6. The van der Waals surface area contributed by atoms with Crippen LogP contribution in [0.4, 0.5) is 13.2 Å². The van der Waals surface area contributed by atoms with Crippen LogP contribution in [0.15, 0.2) is 35.4 Å². The standard InChI is InChI=1S/C18H22F3N5O4S/c1-24(31(28,29)15-7-5-14(6-8-15)30-18(19,20)21)11-12-26-13-16(22-23-26)17(27)25-9-3-2-4-10-25/h5-8,13H,2-4,9-12H2,1H3. The minimum Gasteiger partial charge on any atom is -0.406 e. The van der Waals surface area contributed by atoms with Gasteiger partial charge in [-0.05, 0) is 43.5 Å². The summed E-state index contributed by atoms with van der Waals surface area (Å²) in [6.07, 6.45) is -0.392. The lowest BCUT2D eigenvalue weighted by atomic mass is 10.1. The predicted molar refractivity (Wildman–Crippen MR) is 103 cm³/mol. The van der Waals surface area contributed by atoms with E-state index < -0.39 is 22.1 Å². The van der Waals surface area contributed by atoms with Crippen LogP contribution in [0.3, 0.4) is 0 Å². The molecule has 0 aliphatic carbocycles. The number of carbonyl (C=O) groups excluding carboxylic acids is 1. The number of nitrogens with zero attached hydrogens (tertiary/aromatic N) is 5. The summed E-state index contributed by atoms with van der Waals surface area (Å²) in [5, 5.41) is 7.76. The first kappa shape index (κ1) is 23.0. The summed E-state index contributed by atoms with van der Waals surface area (Å²) in [6.45, 7) is 1.52. The van der Waals surface area contributed by atoms with Crippen LogP contribution in [0.2, 0.25) is 0 Å². The molecule has 9 nitrogen and oxygen atoms in total. The Morgan fingerprint density at radius 3 is 2.42 bits per heavy atom. The fourth-order valence-corrected chi connectivity index (χ4v) is 4.28. The molecule has 1 aliphatic heterocycles. The van der Waals surface area contributed by atoms with Crippen molar-refractivity contribution < 1.29 is 31.1 Å². The SMILES string of the molecule is CN(CCn1cc(C(=O)N2CCCCC2)nn1)S(=O)(=O)c1ccc(OC(F)(F)F)cc1. The summed E-state index contributed by atoms with van der Waals surface area (Å²) in [4.78, 5) is 14.0. The van der Waals surface area contributed by atoms with Crippen molar-refractivity contribution in [3.05, 3.63) is 36.2 Å². The van der Waals surface area contributed by atoms with E-state index >= 15 is 0 Å².